The zero-order valence-electron chi connectivity index (χ0n) is 21.3. The van der Waals surface area contributed by atoms with Crippen molar-refractivity contribution < 1.29 is 24.3 Å². The number of phenolic OH excluding ortho intramolecular Hbond substituents is 1. The number of nitrogens with zero attached hydrogens (tertiary/aromatic N) is 2. The van der Waals surface area contributed by atoms with Crippen molar-refractivity contribution in [3.63, 3.8) is 0 Å². The number of alkyl halides is 3. The number of hydrogen-bond acceptors (Lipinski definition) is 5. The minimum absolute atomic E-state index is 0.0390. The van der Waals surface area contributed by atoms with E-state index < -0.39 is 50.8 Å². The van der Waals surface area contributed by atoms with Crippen molar-refractivity contribution >= 4 is 62.8 Å². The summed E-state index contributed by atoms with van der Waals surface area (Å²) >= 11 is 17.7. The number of carbonyl (C=O) groups is 4. The van der Waals surface area contributed by atoms with Gasteiger partial charge in [-0.3, -0.25) is 29.0 Å². The molecular formula is C27H29BrCl2N2O5. The van der Waals surface area contributed by atoms with E-state index in [0.717, 1.165) is 10.5 Å². The summed E-state index contributed by atoms with van der Waals surface area (Å²) in [5.74, 6) is -4.27. The largest absolute Gasteiger partial charge is 0.507 e. The highest BCUT2D eigenvalue weighted by Gasteiger charge is 2.76. The van der Waals surface area contributed by atoms with Crippen LogP contribution in [0.25, 0.3) is 0 Å². The third-order valence-electron chi connectivity index (χ3n) is 8.53. The van der Waals surface area contributed by atoms with Crippen LogP contribution in [-0.2, 0) is 19.2 Å². The average molecular weight is 612 g/mol. The van der Waals surface area contributed by atoms with Gasteiger partial charge in [0.25, 0.3) is 11.8 Å². The first-order valence-electron chi connectivity index (χ1n) is 12.3. The summed E-state index contributed by atoms with van der Waals surface area (Å²) in [6.07, 6.45) is 2.20. The number of benzene rings is 1. The highest BCUT2D eigenvalue weighted by atomic mass is 79.9. The van der Waals surface area contributed by atoms with Gasteiger partial charge < -0.3 is 5.11 Å². The molecule has 3 fully saturated rings. The molecule has 4 amide bonds. The second-order valence-corrected chi connectivity index (χ2v) is 13.4. The summed E-state index contributed by atoms with van der Waals surface area (Å²) in [6, 6.07) is 3.50. The molecule has 0 spiro atoms. The lowest BCUT2D eigenvalue weighted by atomic mass is 9.56. The molecule has 1 aromatic carbocycles. The van der Waals surface area contributed by atoms with E-state index in [0.29, 0.717) is 23.1 Å². The third kappa shape index (κ3) is 3.31. The molecule has 10 heteroatoms. The molecule has 2 aliphatic heterocycles. The SMILES string of the molecule is Cc1cc([C@H]2C3=CC[C@@H]4C(=O)N(C(C)(C)C)C(=O)[C@@H]4[C@@H]3C[C@@]3(Cl)C(=O)N(CBr)C(=O)[C@@]23Cl)cc(C)c1O. The van der Waals surface area contributed by atoms with E-state index in [9.17, 15) is 24.3 Å². The first-order chi connectivity index (χ1) is 17.1. The summed E-state index contributed by atoms with van der Waals surface area (Å²) in [5.41, 5.74) is 1.78. The molecule has 198 valence electrons. The molecular weight excluding hydrogens is 583 g/mol. The molecule has 0 bridgehead atoms. The third-order valence-corrected chi connectivity index (χ3v) is 10.4. The fraction of sp³-hybridized carbons (Fsp3) is 0.556. The first kappa shape index (κ1) is 26.7. The number of allylic oxidation sites excluding steroid dienone is 2. The maximum atomic E-state index is 13.8. The average Bonchev–Trinajstić information content (AvgIpc) is 3.15. The van der Waals surface area contributed by atoms with Crippen LogP contribution in [0.3, 0.4) is 0 Å². The number of rotatable bonds is 2. The van der Waals surface area contributed by atoms with Gasteiger partial charge in [-0.1, -0.05) is 39.7 Å². The Hall–Kier alpha value is -1.90. The second-order valence-electron chi connectivity index (χ2n) is 11.7. The molecule has 37 heavy (non-hydrogen) atoms. The number of carbonyl (C=O) groups excluding carboxylic acids is 4. The van der Waals surface area contributed by atoms with Gasteiger partial charge in [-0.15, -0.1) is 23.2 Å². The fourth-order valence-electron chi connectivity index (χ4n) is 6.94. The molecule has 1 aromatic rings. The van der Waals surface area contributed by atoms with Crippen molar-refractivity contribution in [1.29, 1.82) is 0 Å². The number of aryl methyl sites for hydroxylation is 2. The number of likely N-dealkylation sites (tertiary alicyclic amines) is 2. The minimum Gasteiger partial charge on any atom is -0.507 e. The molecule has 2 aliphatic carbocycles. The molecule has 0 radical (unpaired) electrons. The molecule has 0 unspecified atom stereocenters. The van der Waals surface area contributed by atoms with Gasteiger partial charge in [0.1, 0.15) is 5.75 Å². The summed E-state index contributed by atoms with van der Waals surface area (Å²) in [7, 11) is 0. The number of aromatic hydroxyl groups is 1. The van der Waals surface area contributed by atoms with Crippen LogP contribution in [0.5, 0.6) is 5.75 Å². The molecule has 2 heterocycles. The smallest absolute Gasteiger partial charge is 0.254 e. The Balaban J connectivity index is 1.75. The van der Waals surface area contributed by atoms with Crippen LogP contribution in [0, 0.1) is 31.6 Å². The van der Waals surface area contributed by atoms with E-state index in [-0.39, 0.29) is 29.4 Å². The summed E-state index contributed by atoms with van der Waals surface area (Å²) in [6.45, 7) is 8.96. The number of imide groups is 2. The van der Waals surface area contributed by atoms with E-state index in [4.69, 9.17) is 23.2 Å². The first-order valence-corrected chi connectivity index (χ1v) is 14.2. The Labute approximate surface area is 234 Å². The predicted molar refractivity (Wildman–Crippen MR) is 143 cm³/mol. The van der Waals surface area contributed by atoms with Crippen LogP contribution in [0.1, 0.15) is 56.2 Å². The van der Waals surface area contributed by atoms with E-state index in [1.807, 2.05) is 26.8 Å². The molecule has 1 N–H and O–H groups in total. The molecule has 5 rings (SSSR count). The lowest BCUT2D eigenvalue weighted by molar-refractivity contribution is -0.146. The quantitative estimate of drug-likeness (QED) is 0.230. The Kier molecular flexibility index (Phi) is 5.99. The Morgan fingerprint density at radius 1 is 1.03 bits per heavy atom. The van der Waals surface area contributed by atoms with Crippen LogP contribution in [0.2, 0.25) is 0 Å². The van der Waals surface area contributed by atoms with Crippen molar-refractivity contribution in [2.75, 3.05) is 5.45 Å². The van der Waals surface area contributed by atoms with Crippen molar-refractivity contribution in [2.45, 2.75) is 68.7 Å². The topological polar surface area (TPSA) is 95.0 Å². The zero-order valence-corrected chi connectivity index (χ0v) is 24.4. The molecule has 4 aliphatic rings. The van der Waals surface area contributed by atoms with E-state index in [1.165, 1.54) is 4.90 Å². The summed E-state index contributed by atoms with van der Waals surface area (Å²) in [5, 5.41) is 10.4. The Morgan fingerprint density at radius 2 is 1.62 bits per heavy atom. The van der Waals surface area contributed by atoms with Gasteiger partial charge in [0, 0.05) is 11.5 Å². The van der Waals surface area contributed by atoms with Crippen LogP contribution in [-0.4, -0.2) is 59.3 Å². The maximum Gasteiger partial charge on any atom is 0.254 e. The highest BCUT2D eigenvalue weighted by Crippen LogP contribution is 2.65. The standard InChI is InChI=1S/C27H29BrCl2N2O5/c1-12-8-14(9-13(2)20(12)33)19-15-6-7-16-18(22(35)32(21(16)34)25(3,4)5)17(15)10-26(29)23(36)31(11-28)24(37)27(19,26)30/h6,8-9,16-19,33H,7,10-11H2,1-5H3/t16-,17+,18-,19-,26+,27-/m0/s1. The molecule has 0 aromatic heterocycles. The lowest BCUT2D eigenvalue weighted by Gasteiger charge is -2.51. The maximum absolute atomic E-state index is 13.8. The van der Waals surface area contributed by atoms with Crippen LogP contribution in [0.15, 0.2) is 23.8 Å². The monoisotopic (exact) mass is 610 g/mol. The van der Waals surface area contributed by atoms with Gasteiger partial charge in [0.2, 0.25) is 11.8 Å². The summed E-state index contributed by atoms with van der Waals surface area (Å²) < 4.78 is 0. The van der Waals surface area contributed by atoms with Gasteiger partial charge in [0.05, 0.1) is 17.3 Å². The van der Waals surface area contributed by atoms with Crippen LogP contribution in [0.4, 0.5) is 0 Å². The van der Waals surface area contributed by atoms with Gasteiger partial charge in [-0.2, -0.15) is 0 Å². The Morgan fingerprint density at radius 3 is 2.16 bits per heavy atom. The van der Waals surface area contributed by atoms with Gasteiger partial charge in [0.15, 0.2) is 9.75 Å². The zero-order chi connectivity index (χ0) is 27.4. The highest BCUT2D eigenvalue weighted by molar-refractivity contribution is 9.09. The van der Waals surface area contributed by atoms with Crippen molar-refractivity contribution in [3.05, 3.63) is 40.5 Å². The number of halogens is 3. The minimum atomic E-state index is -1.85. The normalized spacial score (nSPS) is 35.5. The second kappa shape index (κ2) is 8.30. The van der Waals surface area contributed by atoms with Crippen molar-refractivity contribution in [1.82, 2.24) is 9.80 Å². The molecule has 1 saturated carbocycles. The lowest BCUT2D eigenvalue weighted by Crippen LogP contribution is -2.60. The predicted octanol–water partition coefficient (Wildman–Crippen LogP) is 4.52. The number of amides is 4. The van der Waals surface area contributed by atoms with Gasteiger partial charge in [-0.05, 0) is 70.1 Å². The van der Waals surface area contributed by atoms with Crippen molar-refractivity contribution in [3.8, 4) is 5.75 Å². The Bertz CT molecular complexity index is 1280. The molecule has 6 atom stereocenters. The van der Waals surface area contributed by atoms with Gasteiger partial charge >= 0.3 is 0 Å². The number of phenols is 1. The van der Waals surface area contributed by atoms with Crippen LogP contribution < -0.4 is 0 Å². The number of hydrogen-bond donors (Lipinski definition) is 1. The van der Waals surface area contributed by atoms with Crippen LogP contribution >= 0.6 is 39.1 Å². The van der Waals surface area contributed by atoms with E-state index in [1.54, 1.807) is 26.0 Å². The molecule has 2 saturated heterocycles. The number of fused-ring (bicyclic) bond motifs is 4. The van der Waals surface area contributed by atoms with Gasteiger partial charge in [-0.25, -0.2) is 0 Å². The van der Waals surface area contributed by atoms with Crippen molar-refractivity contribution in [2.24, 2.45) is 17.8 Å². The summed E-state index contributed by atoms with van der Waals surface area (Å²) in [4.78, 5) is 53.3. The van der Waals surface area contributed by atoms with E-state index >= 15 is 0 Å². The molecule has 7 nitrogen and oxygen atoms in total. The van der Waals surface area contributed by atoms with E-state index in [2.05, 4.69) is 15.9 Å². The fourth-order valence-corrected chi connectivity index (χ4v) is 8.37.